The quantitative estimate of drug-likeness (QED) is 0.462. The highest BCUT2D eigenvalue weighted by atomic mass is 15.6. The van der Waals surface area contributed by atoms with Crippen LogP contribution in [0.25, 0.3) is 5.70 Å². The fourth-order valence-corrected chi connectivity index (χ4v) is 4.34. The van der Waals surface area contributed by atoms with Crippen molar-refractivity contribution < 1.29 is 0 Å². The molecule has 0 spiro atoms. The average molecular weight is 476 g/mol. The number of aryl methyl sites for hydroxylation is 2. The van der Waals surface area contributed by atoms with Gasteiger partial charge >= 0.3 is 0 Å². The monoisotopic (exact) mass is 475 g/mol. The number of hydrazine groups is 1. The molecule has 7 rings (SSSR count). The van der Waals surface area contributed by atoms with Crippen molar-refractivity contribution in [3.05, 3.63) is 90.9 Å². The highest BCUT2D eigenvalue weighted by Gasteiger charge is 2.29. The number of hydrogen-bond acceptors (Lipinski definition) is 9. The lowest BCUT2D eigenvalue weighted by Gasteiger charge is -2.18. The lowest BCUT2D eigenvalue weighted by molar-refractivity contribution is 0.878. The maximum absolute atomic E-state index is 4.85. The maximum Gasteiger partial charge on any atom is 0.253 e. The van der Waals surface area contributed by atoms with Gasteiger partial charge in [0.05, 0.1) is 18.1 Å². The van der Waals surface area contributed by atoms with Gasteiger partial charge in [0.15, 0.2) is 29.1 Å². The van der Waals surface area contributed by atoms with Crippen LogP contribution < -0.4 is 20.7 Å². The second-order valence-electron chi connectivity index (χ2n) is 8.53. The Morgan fingerprint density at radius 3 is 2.08 bits per heavy atom. The molecule has 0 saturated heterocycles. The molecule has 0 fully saturated rings. The van der Waals surface area contributed by atoms with Crippen LogP contribution in [0.3, 0.4) is 0 Å². The summed E-state index contributed by atoms with van der Waals surface area (Å²) in [5, 5.41) is 5.24. The molecule has 36 heavy (non-hydrogen) atoms. The van der Waals surface area contributed by atoms with Gasteiger partial charge in [-0.3, -0.25) is 10.3 Å². The zero-order valence-electron chi connectivity index (χ0n) is 19.5. The SMILES string of the molecule is Cn1cc2nc1C1=CN(c3ccccc3)C(=Nc3cn(C)c(n3)C3=NC(=N2)N(c2ccccc2)N3)N1. The predicted molar refractivity (Wildman–Crippen MR) is 139 cm³/mol. The Labute approximate surface area is 206 Å². The van der Waals surface area contributed by atoms with E-state index in [1.807, 2.05) is 112 Å². The summed E-state index contributed by atoms with van der Waals surface area (Å²) in [4.78, 5) is 26.0. The average Bonchev–Trinajstić information content (AvgIpc) is 3.66. The third kappa shape index (κ3) is 3.25. The van der Waals surface area contributed by atoms with Gasteiger partial charge in [-0.25, -0.2) is 15.0 Å². The van der Waals surface area contributed by atoms with Crippen LogP contribution in [0.2, 0.25) is 0 Å². The number of aromatic nitrogens is 4. The predicted octanol–water partition coefficient (Wildman–Crippen LogP) is 3.02. The number of amidine groups is 1. The molecule has 5 heterocycles. The number of rotatable bonds is 2. The zero-order valence-corrected chi connectivity index (χ0v) is 19.5. The van der Waals surface area contributed by atoms with E-state index < -0.39 is 0 Å². The maximum atomic E-state index is 4.85. The van der Waals surface area contributed by atoms with Gasteiger partial charge in [-0.2, -0.15) is 15.0 Å². The summed E-state index contributed by atoms with van der Waals surface area (Å²) in [6.45, 7) is 0. The molecule has 11 heteroatoms. The minimum absolute atomic E-state index is 0.464. The van der Waals surface area contributed by atoms with Crippen molar-refractivity contribution in [2.75, 3.05) is 9.91 Å². The molecule has 2 aromatic heterocycles. The summed E-state index contributed by atoms with van der Waals surface area (Å²) >= 11 is 0. The third-order valence-corrected chi connectivity index (χ3v) is 6.03. The molecule has 0 atom stereocenters. The van der Waals surface area contributed by atoms with Gasteiger partial charge < -0.3 is 14.5 Å². The first kappa shape index (κ1) is 20.2. The van der Waals surface area contributed by atoms with Gasteiger partial charge in [0, 0.05) is 26.0 Å². The largest absolute Gasteiger partial charge is 0.330 e. The van der Waals surface area contributed by atoms with Gasteiger partial charge in [0.2, 0.25) is 5.96 Å². The Bertz CT molecular complexity index is 1610. The summed E-state index contributed by atoms with van der Waals surface area (Å²) < 4.78 is 3.83. The highest BCUT2D eigenvalue weighted by Crippen LogP contribution is 2.28. The molecule has 8 bridgehead atoms. The summed E-state index contributed by atoms with van der Waals surface area (Å²) in [7, 11) is 3.86. The molecule has 3 aliphatic rings. The van der Waals surface area contributed by atoms with Crippen LogP contribution in [0.5, 0.6) is 0 Å². The molecule has 2 aromatic carbocycles. The van der Waals surface area contributed by atoms with Gasteiger partial charge in [0.25, 0.3) is 5.96 Å². The fourth-order valence-electron chi connectivity index (χ4n) is 4.34. The zero-order chi connectivity index (χ0) is 24.2. The van der Waals surface area contributed by atoms with E-state index in [0.717, 1.165) is 22.9 Å². The number of hydrogen-bond donors (Lipinski definition) is 2. The van der Waals surface area contributed by atoms with Gasteiger partial charge in [-0.1, -0.05) is 36.4 Å². The van der Waals surface area contributed by atoms with Crippen LogP contribution in [0.1, 0.15) is 11.6 Å². The van der Waals surface area contributed by atoms with Crippen molar-refractivity contribution in [2.45, 2.75) is 0 Å². The van der Waals surface area contributed by atoms with Crippen molar-refractivity contribution in [1.29, 1.82) is 0 Å². The third-order valence-electron chi connectivity index (χ3n) is 6.03. The van der Waals surface area contributed by atoms with Crippen molar-refractivity contribution in [3.8, 4) is 0 Å². The van der Waals surface area contributed by atoms with Crippen molar-refractivity contribution in [3.63, 3.8) is 0 Å². The number of nitrogens with one attached hydrogen (secondary N) is 2. The molecule has 2 N–H and O–H groups in total. The second kappa shape index (κ2) is 7.67. The van der Waals surface area contributed by atoms with Crippen molar-refractivity contribution in [1.82, 2.24) is 29.8 Å². The summed E-state index contributed by atoms with van der Waals surface area (Å²) in [5.74, 6) is 4.09. The first-order valence-electron chi connectivity index (χ1n) is 11.4. The number of nitrogens with zero attached hydrogens (tertiary/aromatic N) is 9. The Balaban J connectivity index is 1.42. The van der Waals surface area contributed by atoms with Crippen LogP contribution in [-0.4, -0.2) is 36.9 Å². The molecule has 0 saturated carbocycles. The minimum atomic E-state index is 0.464. The molecule has 176 valence electrons. The Morgan fingerprint density at radius 1 is 0.694 bits per heavy atom. The standard InChI is InChI=1S/C25H21N11/c1-33-14-19-27-22(33)18-13-35(16-9-5-3-6-10-16)24(26-18)29-20-15-34(2)23(28-20)21-31-25(30-19)36(32-21)17-11-7-4-8-12-17/h3-15H,1-2H3,(H,26,29)(H,30,31,32). The van der Waals surface area contributed by atoms with E-state index in [1.54, 1.807) is 0 Å². The number of imidazole rings is 2. The molecular weight excluding hydrogens is 454 g/mol. The van der Waals surface area contributed by atoms with Crippen LogP contribution >= 0.6 is 0 Å². The first-order valence-corrected chi connectivity index (χ1v) is 11.4. The van der Waals surface area contributed by atoms with Crippen LogP contribution in [-0.2, 0) is 14.1 Å². The number of fused-ring (bicyclic) bond motifs is 9. The molecule has 0 aliphatic carbocycles. The molecule has 0 radical (unpaired) electrons. The van der Waals surface area contributed by atoms with Gasteiger partial charge in [0.1, 0.15) is 5.70 Å². The second-order valence-corrected chi connectivity index (χ2v) is 8.53. The van der Waals surface area contributed by atoms with E-state index in [-0.39, 0.29) is 0 Å². The van der Waals surface area contributed by atoms with Gasteiger partial charge in [-0.05, 0) is 24.3 Å². The molecule has 4 aromatic rings. The summed E-state index contributed by atoms with van der Waals surface area (Å²) in [6, 6.07) is 19.9. The first-order chi connectivity index (χ1) is 17.6. The van der Waals surface area contributed by atoms with Gasteiger partial charge in [-0.15, -0.1) is 0 Å². The molecule has 0 unspecified atom stereocenters. The van der Waals surface area contributed by atoms with E-state index in [0.29, 0.717) is 35.2 Å². The lowest BCUT2D eigenvalue weighted by Crippen LogP contribution is -2.39. The van der Waals surface area contributed by atoms with E-state index in [4.69, 9.17) is 24.9 Å². The Morgan fingerprint density at radius 2 is 1.33 bits per heavy atom. The van der Waals surface area contributed by atoms with Crippen LogP contribution in [0, 0.1) is 0 Å². The normalized spacial score (nSPS) is 15.9. The van der Waals surface area contributed by atoms with Crippen molar-refractivity contribution >= 4 is 46.5 Å². The van der Waals surface area contributed by atoms with E-state index in [1.165, 1.54) is 0 Å². The smallest absolute Gasteiger partial charge is 0.253 e. The van der Waals surface area contributed by atoms with E-state index in [2.05, 4.69) is 10.7 Å². The van der Waals surface area contributed by atoms with Crippen LogP contribution in [0.15, 0.2) is 94.2 Å². The number of aliphatic imine (C=N–C) groups is 3. The highest BCUT2D eigenvalue weighted by molar-refractivity contribution is 6.16. The molecule has 11 nitrogen and oxygen atoms in total. The van der Waals surface area contributed by atoms with E-state index in [9.17, 15) is 0 Å². The molecular formula is C25H21N11. The number of benzene rings is 2. The molecule has 3 aliphatic heterocycles. The Kier molecular flexibility index (Phi) is 4.30. The minimum Gasteiger partial charge on any atom is -0.330 e. The van der Waals surface area contributed by atoms with Crippen molar-refractivity contribution in [2.24, 2.45) is 29.1 Å². The summed E-state index contributed by atoms with van der Waals surface area (Å²) in [5.41, 5.74) is 6.01. The Hall–Kier alpha value is -5.19. The van der Waals surface area contributed by atoms with E-state index >= 15 is 0 Å². The summed E-state index contributed by atoms with van der Waals surface area (Å²) in [6.07, 6.45) is 5.73. The number of anilines is 2. The lowest BCUT2D eigenvalue weighted by atomic mass is 10.3. The topological polar surface area (TPSA) is 103 Å². The molecule has 0 amide bonds. The number of guanidine groups is 2. The van der Waals surface area contributed by atoms with Crippen LogP contribution in [0.4, 0.5) is 23.0 Å². The fraction of sp³-hybridized carbons (Fsp3) is 0.0800. The number of para-hydroxylation sites is 2.